The largest absolute Gasteiger partial charge is 0.351 e. The van der Waals surface area contributed by atoms with Gasteiger partial charge in [0.15, 0.2) is 0 Å². The van der Waals surface area contributed by atoms with Crippen molar-refractivity contribution < 1.29 is 4.92 Å². The Morgan fingerprint density at radius 2 is 2.19 bits per heavy atom. The maximum atomic E-state index is 10.8. The van der Waals surface area contributed by atoms with Crippen LogP contribution in [-0.4, -0.2) is 14.9 Å². The van der Waals surface area contributed by atoms with Crippen molar-refractivity contribution in [2.45, 2.75) is 20.4 Å². The van der Waals surface area contributed by atoms with Crippen LogP contribution in [0.5, 0.6) is 0 Å². The van der Waals surface area contributed by atoms with E-state index < -0.39 is 4.92 Å². The number of imidazole rings is 1. The van der Waals surface area contributed by atoms with Crippen LogP contribution in [0.2, 0.25) is 0 Å². The van der Waals surface area contributed by atoms with E-state index in [4.69, 9.17) is 0 Å². The van der Waals surface area contributed by atoms with Gasteiger partial charge in [-0.25, -0.2) is 4.98 Å². The first-order valence-electron chi connectivity index (χ1n) is 6.47. The minimum Gasteiger partial charge on any atom is -0.351 e. The molecule has 0 aliphatic carbocycles. The van der Waals surface area contributed by atoms with Gasteiger partial charge < -0.3 is 10.3 Å². The van der Waals surface area contributed by atoms with Crippen LogP contribution in [0.4, 0.5) is 11.6 Å². The van der Waals surface area contributed by atoms with Crippen LogP contribution in [0.15, 0.2) is 24.3 Å². The molecule has 0 saturated carbocycles. The number of hydrogen-bond donors (Lipinski definition) is 2. The predicted octanol–water partition coefficient (Wildman–Crippen LogP) is 3.76. The lowest BCUT2D eigenvalue weighted by Crippen LogP contribution is -1.98. The van der Waals surface area contributed by atoms with Crippen LogP contribution < -0.4 is 5.32 Å². The van der Waals surface area contributed by atoms with E-state index in [9.17, 15) is 10.1 Å². The molecule has 3 aromatic rings. The summed E-state index contributed by atoms with van der Waals surface area (Å²) in [5.74, 6) is 0.620. The number of thiophene rings is 1. The topological polar surface area (TPSA) is 83.8 Å². The summed E-state index contributed by atoms with van der Waals surface area (Å²) in [6.45, 7) is 4.88. The molecule has 2 heterocycles. The van der Waals surface area contributed by atoms with E-state index in [2.05, 4.69) is 35.2 Å². The average Bonchev–Trinajstić information content (AvgIpc) is 2.99. The Balaban J connectivity index is 1.79. The van der Waals surface area contributed by atoms with E-state index in [1.54, 1.807) is 17.4 Å². The zero-order valence-electron chi connectivity index (χ0n) is 11.6. The molecule has 0 atom stereocenters. The molecule has 3 rings (SSSR count). The Hall–Kier alpha value is -2.41. The highest BCUT2D eigenvalue weighted by Crippen LogP contribution is 2.23. The third-order valence-electron chi connectivity index (χ3n) is 3.32. The molecule has 0 spiro atoms. The number of nitrogens with one attached hydrogen (secondary N) is 2. The number of hydrogen-bond acceptors (Lipinski definition) is 5. The first-order chi connectivity index (χ1) is 10.0. The fourth-order valence-corrected chi connectivity index (χ4v) is 3.10. The first-order valence-corrected chi connectivity index (χ1v) is 7.28. The van der Waals surface area contributed by atoms with E-state index in [-0.39, 0.29) is 5.69 Å². The summed E-state index contributed by atoms with van der Waals surface area (Å²) in [6.07, 6.45) is 0. The molecule has 2 N–H and O–H groups in total. The first kappa shape index (κ1) is 13.6. The Morgan fingerprint density at radius 1 is 1.38 bits per heavy atom. The molecule has 6 nitrogen and oxygen atoms in total. The summed E-state index contributed by atoms with van der Waals surface area (Å²) in [4.78, 5) is 20.3. The highest BCUT2D eigenvalue weighted by atomic mass is 32.1. The number of rotatable bonds is 4. The molecule has 7 heteroatoms. The molecule has 0 fully saturated rings. The van der Waals surface area contributed by atoms with Gasteiger partial charge in [0.05, 0.1) is 22.5 Å². The van der Waals surface area contributed by atoms with Crippen molar-refractivity contribution in [2.75, 3.05) is 5.32 Å². The van der Waals surface area contributed by atoms with Crippen LogP contribution in [-0.2, 0) is 6.54 Å². The second-order valence-electron chi connectivity index (χ2n) is 4.85. The van der Waals surface area contributed by atoms with Crippen LogP contribution in [0.3, 0.4) is 0 Å². The maximum Gasteiger partial charge on any atom is 0.271 e. The number of fused-ring (bicyclic) bond motifs is 1. The average molecular weight is 302 g/mol. The number of anilines is 1. The highest BCUT2D eigenvalue weighted by molar-refractivity contribution is 7.12. The third kappa shape index (κ3) is 2.73. The molecule has 0 saturated heterocycles. The number of nitro groups is 1. The van der Waals surface area contributed by atoms with Gasteiger partial charge in [-0.05, 0) is 31.5 Å². The van der Waals surface area contributed by atoms with Gasteiger partial charge in [0.25, 0.3) is 5.69 Å². The lowest BCUT2D eigenvalue weighted by atomic mass is 10.3. The van der Waals surface area contributed by atoms with Gasteiger partial charge in [0.2, 0.25) is 5.95 Å². The fourth-order valence-electron chi connectivity index (χ4n) is 2.10. The Morgan fingerprint density at radius 3 is 2.86 bits per heavy atom. The van der Waals surface area contributed by atoms with Crippen LogP contribution >= 0.6 is 11.3 Å². The Kier molecular flexibility index (Phi) is 3.34. The van der Waals surface area contributed by atoms with Gasteiger partial charge >= 0.3 is 0 Å². The van der Waals surface area contributed by atoms with Gasteiger partial charge in [-0.2, -0.15) is 0 Å². The van der Waals surface area contributed by atoms with Gasteiger partial charge in [0.1, 0.15) is 0 Å². The van der Waals surface area contributed by atoms with Crippen molar-refractivity contribution in [3.63, 3.8) is 0 Å². The van der Waals surface area contributed by atoms with E-state index in [0.717, 1.165) is 0 Å². The Bertz CT molecular complexity index is 802. The van der Waals surface area contributed by atoms with Crippen molar-refractivity contribution in [1.29, 1.82) is 0 Å². The lowest BCUT2D eigenvalue weighted by molar-refractivity contribution is -0.384. The summed E-state index contributed by atoms with van der Waals surface area (Å²) in [5, 5.41) is 14.0. The second kappa shape index (κ2) is 5.17. The number of non-ortho nitro benzene ring substituents is 1. The smallest absolute Gasteiger partial charge is 0.271 e. The van der Waals surface area contributed by atoms with Crippen LogP contribution in [0.25, 0.3) is 11.0 Å². The minimum absolute atomic E-state index is 0.0576. The maximum absolute atomic E-state index is 10.8. The normalized spacial score (nSPS) is 11.0. The SMILES string of the molecule is Cc1cc(CNc2nc3ccc([N+](=O)[O-])cc3[nH]2)sc1C. The monoisotopic (exact) mass is 302 g/mol. The highest BCUT2D eigenvalue weighted by Gasteiger charge is 2.09. The zero-order chi connectivity index (χ0) is 15.0. The molecule has 0 amide bonds. The molecule has 2 aromatic heterocycles. The van der Waals surface area contributed by atoms with Gasteiger partial charge in [-0.15, -0.1) is 11.3 Å². The van der Waals surface area contributed by atoms with Crippen molar-refractivity contribution in [1.82, 2.24) is 9.97 Å². The fraction of sp³-hybridized carbons (Fsp3) is 0.214. The van der Waals surface area contributed by atoms with Crippen molar-refractivity contribution >= 4 is 34.0 Å². The molecule has 0 unspecified atom stereocenters. The summed E-state index contributed by atoms with van der Waals surface area (Å²) >= 11 is 1.75. The van der Waals surface area contributed by atoms with Crippen molar-refractivity contribution in [3.8, 4) is 0 Å². The molecule has 21 heavy (non-hydrogen) atoms. The molecule has 0 aliphatic heterocycles. The van der Waals surface area contributed by atoms with Crippen LogP contribution in [0.1, 0.15) is 15.3 Å². The summed E-state index contributed by atoms with van der Waals surface area (Å²) in [7, 11) is 0. The van der Waals surface area contributed by atoms with E-state index in [1.807, 2.05) is 0 Å². The number of H-pyrrole nitrogens is 1. The molecular formula is C14H14N4O2S. The number of nitrogens with zero attached hydrogens (tertiary/aromatic N) is 2. The minimum atomic E-state index is -0.412. The quantitative estimate of drug-likeness (QED) is 0.567. The number of aromatic nitrogens is 2. The number of nitro benzene ring substituents is 1. The summed E-state index contributed by atoms with van der Waals surface area (Å²) in [5.41, 5.74) is 2.71. The summed E-state index contributed by atoms with van der Waals surface area (Å²) in [6, 6.07) is 6.75. The Labute approximate surface area is 125 Å². The van der Waals surface area contributed by atoms with E-state index >= 15 is 0 Å². The molecule has 108 valence electrons. The third-order valence-corrected chi connectivity index (χ3v) is 4.48. The van der Waals surface area contributed by atoms with Gasteiger partial charge in [0, 0.05) is 21.9 Å². The van der Waals surface area contributed by atoms with Crippen molar-refractivity contribution in [2.24, 2.45) is 0 Å². The molecule has 0 bridgehead atoms. The number of benzene rings is 1. The van der Waals surface area contributed by atoms with Gasteiger partial charge in [-0.3, -0.25) is 10.1 Å². The second-order valence-corrected chi connectivity index (χ2v) is 6.19. The predicted molar refractivity (Wildman–Crippen MR) is 83.9 cm³/mol. The lowest BCUT2D eigenvalue weighted by Gasteiger charge is -1.98. The zero-order valence-corrected chi connectivity index (χ0v) is 12.5. The molecule has 0 radical (unpaired) electrons. The van der Waals surface area contributed by atoms with E-state index in [0.29, 0.717) is 23.5 Å². The molecular weight excluding hydrogens is 288 g/mol. The molecule has 0 aliphatic rings. The summed E-state index contributed by atoms with van der Waals surface area (Å²) < 4.78 is 0. The molecule has 1 aromatic carbocycles. The van der Waals surface area contributed by atoms with Crippen molar-refractivity contribution in [3.05, 3.63) is 49.7 Å². The standard InChI is InChI=1S/C14H14N4O2S/c1-8-5-11(21-9(8)2)7-15-14-16-12-4-3-10(18(19)20)6-13(12)17-14/h3-6H,7H2,1-2H3,(H2,15,16,17). The van der Waals surface area contributed by atoms with Gasteiger partial charge in [-0.1, -0.05) is 0 Å². The van der Waals surface area contributed by atoms with Crippen LogP contribution in [0, 0.1) is 24.0 Å². The number of aryl methyl sites for hydroxylation is 2. The van der Waals surface area contributed by atoms with E-state index in [1.165, 1.54) is 27.5 Å². The number of aromatic amines is 1.